The third-order valence-corrected chi connectivity index (χ3v) is 3.28. The highest BCUT2D eigenvalue weighted by atomic mass is 79.9. The zero-order valence-corrected chi connectivity index (χ0v) is 14.0. The quantitative estimate of drug-likeness (QED) is 0.296. The standard InChI is InChI=1S/C17H20BrNO2/c1-4-6-15(7-5-2)17(19-20-3)13-21-16-10-8-14(12-18)9-11-16/h4-11H,1,12-13H2,2-3H3. The molecule has 1 aromatic carbocycles. The van der Waals surface area contributed by atoms with Crippen molar-refractivity contribution in [3.63, 3.8) is 0 Å². The van der Waals surface area contributed by atoms with Crippen LogP contribution in [0.2, 0.25) is 0 Å². The van der Waals surface area contributed by atoms with Gasteiger partial charge in [0, 0.05) is 10.9 Å². The smallest absolute Gasteiger partial charge is 0.134 e. The average molecular weight is 350 g/mol. The maximum absolute atomic E-state index is 5.76. The van der Waals surface area contributed by atoms with Crippen molar-refractivity contribution in [3.8, 4) is 5.75 Å². The van der Waals surface area contributed by atoms with Crippen LogP contribution in [0.25, 0.3) is 0 Å². The Morgan fingerprint density at radius 1 is 1.33 bits per heavy atom. The summed E-state index contributed by atoms with van der Waals surface area (Å²) in [4.78, 5) is 4.90. The van der Waals surface area contributed by atoms with E-state index in [1.807, 2.05) is 49.4 Å². The first-order valence-electron chi connectivity index (χ1n) is 6.58. The van der Waals surface area contributed by atoms with Crippen molar-refractivity contribution in [2.24, 2.45) is 5.16 Å². The van der Waals surface area contributed by atoms with E-state index in [1.54, 1.807) is 6.08 Å². The normalized spacial score (nSPS) is 12.5. The highest BCUT2D eigenvalue weighted by molar-refractivity contribution is 9.08. The molecular weight excluding hydrogens is 330 g/mol. The van der Waals surface area contributed by atoms with Gasteiger partial charge in [0.1, 0.15) is 25.2 Å². The average Bonchev–Trinajstić information content (AvgIpc) is 2.52. The van der Waals surface area contributed by atoms with E-state index in [2.05, 4.69) is 27.7 Å². The van der Waals surface area contributed by atoms with Gasteiger partial charge in [0.25, 0.3) is 0 Å². The summed E-state index contributed by atoms with van der Waals surface area (Å²) in [6.07, 6.45) is 7.46. The van der Waals surface area contributed by atoms with Gasteiger partial charge in [0.05, 0.1) is 0 Å². The largest absolute Gasteiger partial charge is 0.487 e. The van der Waals surface area contributed by atoms with E-state index in [4.69, 9.17) is 9.57 Å². The summed E-state index contributed by atoms with van der Waals surface area (Å²) in [5.41, 5.74) is 2.82. The lowest BCUT2D eigenvalue weighted by molar-refractivity contribution is 0.210. The SMILES string of the molecule is C=CC=C(C=CC)C(COc1ccc(CBr)cc1)=NOC. The summed E-state index contributed by atoms with van der Waals surface area (Å²) in [5, 5.41) is 4.86. The van der Waals surface area contributed by atoms with E-state index >= 15 is 0 Å². The Hall–Kier alpha value is -1.81. The molecule has 0 saturated heterocycles. The van der Waals surface area contributed by atoms with Crippen molar-refractivity contribution in [2.75, 3.05) is 13.7 Å². The topological polar surface area (TPSA) is 30.8 Å². The molecule has 0 aliphatic heterocycles. The first-order chi connectivity index (χ1) is 10.2. The fourth-order valence-corrected chi connectivity index (χ4v) is 2.03. The Morgan fingerprint density at radius 3 is 2.57 bits per heavy atom. The summed E-state index contributed by atoms with van der Waals surface area (Å²) in [5.74, 6) is 0.793. The van der Waals surface area contributed by atoms with E-state index in [0.29, 0.717) is 12.3 Å². The van der Waals surface area contributed by atoms with E-state index in [0.717, 1.165) is 16.7 Å². The molecule has 112 valence electrons. The molecule has 0 aliphatic carbocycles. The van der Waals surface area contributed by atoms with Gasteiger partial charge in [-0.15, -0.1) is 0 Å². The lowest BCUT2D eigenvalue weighted by Gasteiger charge is -2.09. The molecule has 0 saturated carbocycles. The van der Waals surface area contributed by atoms with Crippen molar-refractivity contribution >= 4 is 21.6 Å². The van der Waals surface area contributed by atoms with Crippen LogP contribution in [0.3, 0.4) is 0 Å². The van der Waals surface area contributed by atoms with Crippen LogP contribution in [-0.2, 0) is 10.2 Å². The number of ether oxygens (including phenoxy) is 1. The second kappa shape index (κ2) is 10.00. The van der Waals surface area contributed by atoms with Crippen LogP contribution >= 0.6 is 15.9 Å². The minimum atomic E-state index is 0.325. The lowest BCUT2D eigenvalue weighted by atomic mass is 10.1. The van der Waals surface area contributed by atoms with E-state index in [9.17, 15) is 0 Å². The van der Waals surface area contributed by atoms with Crippen molar-refractivity contribution in [1.29, 1.82) is 0 Å². The maximum Gasteiger partial charge on any atom is 0.134 e. The first-order valence-corrected chi connectivity index (χ1v) is 7.70. The van der Waals surface area contributed by atoms with Crippen LogP contribution in [0.5, 0.6) is 5.75 Å². The van der Waals surface area contributed by atoms with Gasteiger partial charge in [-0.05, 0) is 24.6 Å². The number of benzene rings is 1. The van der Waals surface area contributed by atoms with Crippen LogP contribution in [-0.4, -0.2) is 19.4 Å². The molecule has 0 heterocycles. The highest BCUT2D eigenvalue weighted by Crippen LogP contribution is 2.15. The predicted molar refractivity (Wildman–Crippen MR) is 92.1 cm³/mol. The monoisotopic (exact) mass is 349 g/mol. The van der Waals surface area contributed by atoms with Crippen LogP contribution in [0.1, 0.15) is 12.5 Å². The Bertz CT molecular complexity index is 530. The van der Waals surface area contributed by atoms with E-state index < -0.39 is 0 Å². The molecule has 3 nitrogen and oxygen atoms in total. The number of alkyl halides is 1. The summed E-state index contributed by atoms with van der Waals surface area (Å²) in [6.45, 7) is 5.98. The third-order valence-electron chi connectivity index (χ3n) is 2.63. The number of rotatable bonds is 8. The van der Waals surface area contributed by atoms with Gasteiger partial charge in [-0.1, -0.05) is 64.1 Å². The molecule has 0 aromatic heterocycles. The Labute approximate surface area is 134 Å². The van der Waals surface area contributed by atoms with Crippen LogP contribution in [0.15, 0.2) is 65.9 Å². The zero-order chi connectivity index (χ0) is 15.5. The van der Waals surface area contributed by atoms with Gasteiger partial charge in [-0.2, -0.15) is 0 Å². The molecule has 0 amide bonds. The molecule has 0 unspecified atom stereocenters. The van der Waals surface area contributed by atoms with E-state index in [1.165, 1.54) is 12.7 Å². The number of allylic oxidation sites excluding steroid dienone is 4. The summed E-state index contributed by atoms with van der Waals surface area (Å²) < 4.78 is 5.76. The number of halogens is 1. The van der Waals surface area contributed by atoms with Crippen LogP contribution in [0, 0.1) is 0 Å². The molecule has 0 N–H and O–H groups in total. The lowest BCUT2D eigenvalue weighted by Crippen LogP contribution is -2.14. The van der Waals surface area contributed by atoms with E-state index in [-0.39, 0.29) is 0 Å². The summed E-state index contributed by atoms with van der Waals surface area (Å²) in [7, 11) is 1.52. The fourth-order valence-electron chi connectivity index (χ4n) is 1.65. The van der Waals surface area contributed by atoms with Gasteiger partial charge in [-0.25, -0.2) is 0 Å². The van der Waals surface area contributed by atoms with Gasteiger partial charge < -0.3 is 9.57 Å². The molecule has 0 atom stereocenters. The molecule has 0 fully saturated rings. The third kappa shape index (κ3) is 6.00. The maximum atomic E-state index is 5.76. The zero-order valence-electron chi connectivity index (χ0n) is 12.4. The number of oxime groups is 1. The Balaban J connectivity index is 2.81. The molecule has 0 spiro atoms. The van der Waals surface area contributed by atoms with Gasteiger partial charge >= 0.3 is 0 Å². The number of hydrogen-bond acceptors (Lipinski definition) is 3. The first kappa shape index (κ1) is 17.2. The highest BCUT2D eigenvalue weighted by Gasteiger charge is 2.06. The second-order valence-corrected chi connectivity index (χ2v) is 4.71. The molecule has 1 aromatic rings. The molecule has 0 aliphatic rings. The fraction of sp³-hybridized carbons (Fsp3) is 0.235. The molecular formula is C17H20BrNO2. The van der Waals surface area contributed by atoms with Gasteiger partial charge in [-0.3, -0.25) is 0 Å². The van der Waals surface area contributed by atoms with Crippen molar-refractivity contribution < 1.29 is 9.57 Å². The minimum Gasteiger partial charge on any atom is -0.487 e. The van der Waals surface area contributed by atoms with Gasteiger partial charge in [0.15, 0.2) is 0 Å². The molecule has 1 rings (SSSR count). The summed E-state index contributed by atoms with van der Waals surface area (Å²) >= 11 is 3.42. The predicted octanol–water partition coefficient (Wildman–Crippen LogP) is 4.65. The molecule has 21 heavy (non-hydrogen) atoms. The van der Waals surface area contributed by atoms with Crippen LogP contribution < -0.4 is 4.74 Å². The van der Waals surface area contributed by atoms with Crippen molar-refractivity contribution in [1.82, 2.24) is 0 Å². The summed E-state index contributed by atoms with van der Waals surface area (Å²) in [6, 6.07) is 7.91. The number of nitrogens with zero attached hydrogens (tertiary/aromatic N) is 1. The van der Waals surface area contributed by atoms with Crippen molar-refractivity contribution in [2.45, 2.75) is 12.3 Å². The second-order valence-electron chi connectivity index (χ2n) is 4.14. The molecule has 4 heteroatoms. The van der Waals surface area contributed by atoms with Crippen LogP contribution in [0.4, 0.5) is 0 Å². The number of hydrogen-bond donors (Lipinski definition) is 0. The Kier molecular flexibility index (Phi) is 8.21. The van der Waals surface area contributed by atoms with Gasteiger partial charge in [0.2, 0.25) is 0 Å². The molecule has 0 bridgehead atoms. The Morgan fingerprint density at radius 2 is 2.05 bits per heavy atom. The molecule has 0 radical (unpaired) electrons. The minimum absolute atomic E-state index is 0.325. The van der Waals surface area contributed by atoms with Crippen molar-refractivity contribution in [3.05, 3.63) is 66.3 Å².